The Bertz CT molecular complexity index is 3530. The molecule has 2 aromatic heterocycles. The lowest BCUT2D eigenvalue weighted by Gasteiger charge is -2.28. The zero-order valence-corrected chi connectivity index (χ0v) is 34.4. The van der Waals surface area contributed by atoms with Crippen molar-refractivity contribution >= 4 is 60.8 Å². The van der Waals surface area contributed by atoms with Crippen LogP contribution in [-0.2, 0) is 0 Å². The Kier molecular flexibility index (Phi) is 8.83. The summed E-state index contributed by atoms with van der Waals surface area (Å²) in [5.41, 5.74) is 17.8. The minimum atomic E-state index is 0.884. The Labute approximate surface area is 366 Å². The van der Waals surface area contributed by atoms with Crippen LogP contribution in [0, 0.1) is 0 Å². The normalized spacial score (nSPS) is 11.5. The highest BCUT2D eigenvalue weighted by Gasteiger charge is 2.20. The monoisotopic (exact) mass is 804 g/mol. The van der Waals surface area contributed by atoms with Gasteiger partial charge in [-0.15, -0.1) is 0 Å². The molecule has 0 spiro atoms. The number of para-hydroxylation sites is 4. The van der Waals surface area contributed by atoms with Crippen molar-refractivity contribution in [3.8, 4) is 50.2 Å². The molecule has 0 aliphatic carbocycles. The van der Waals surface area contributed by atoms with Gasteiger partial charge in [0.1, 0.15) is 11.2 Å². The molecule has 12 rings (SSSR count). The maximum atomic E-state index is 6.62. The summed E-state index contributed by atoms with van der Waals surface area (Å²) in [6.07, 6.45) is 0. The summed E-state index contributed by atoms with van der Waals surface area (Å²) in [6, 6.07) is 86.9. The molecular weight excluding hydrogens is 765 g/mol. The van der Waals surface area contributed by atoms with E-state index < -0.39 is 0 Å². The van der Waals surface area contributed by atoms with Gasteiger partial charge in [0.05, 0.1) is 16.7 Å². The molecule has 3 heteroatoms. The summed E-state index contributed by atoms with van der Waals surface area (Å²) < 4.78 is 8.98. The van der Waals surface area contributed by atoms with Crippen molar-refractivity contribution in [2.45, 2.75) is 0 Å². The molecule has 0 aliphatic heterocycles. The lowest BCUT2D eigenvalue weighted by atomic mass is 9.97. The van der Waals surface area contributed by atoms with Crippen LogP contribution in [0.2, 0.25) is 0 Å². The molecule has 0 fully saturated rings. The molecule has 2 heterocycles. The summed E-state index contributed by atoms with van der Waals surface area (Å²) in [7, 11) is 0. The fourth-order valence-electron chi connectivity index (χ4n) is 9.49. The van der Waals surface area contributed by atoms with E-state index >= 15 is 0 Å². The molecule has 0 unspecified atom stereocenters. The van der Waals surface area contributed by atoms with Crippen LogP contribution in [0.15, 0.2) is 247 Å². The van der Waals surface area contributed by atoms with Crippen molar-refractivity contribution in [3.05, 3.63) is 243 Å². The third-order valence-electron chi connectivity index (χ3n) is 12.4. The van der Waals surface area contributed by atoms with E-state index in [9.17, 15) is 0 Å². The van der Waals surface area contributed by atoms with Gasteiger partial charge in [0.15, 0.2) is 0 Å². The third-order valence-corrected chi connectivity index (χ3v) is 12.4. The zero-order chi connectivity index (χ0) is 41.7. The van der Waals surface area contributed by atoms with E-state index in [4.69, 9.17) is 4.42 Å². The summed E-state index contributed by atoms with van der Waals surface area (Å²) in [4.78, 5) is 2.38. The van der Waals surface area contributed by atoms with Crippen molar-refractivity contribution in [1.29, 1.82) is 0 Å². The zero-order valence-electron chi connectivity index (χ0n) is 34.4. The third kappa shape index (κ3) is 6.29. The smallest absolute Gasteiger partial charge is 0.143 e. The van der Waals surface area contributed by atoms with Crippen LogP contribution in [0.5, 0.6) is 0 Å². The van der Waals surface area contributed by atoms with E-state index in [2.05, 4.69) is 246 Å². The minimum Gasteiger partial charge on any atom is -0.455 e. The standard InChI is InChI=1S/C60H40N2O/c1-3-15-43(16-4-1)49-19-7-10-25-55(49)61(46-35-29-41(30-36-46)42-31-37-48(38-32-42)62-56-26-11-8-20-52(56)53-21-9-12-27-57(53)62)47-39-33-45(34-40-47)50-22-14-28-58-59(50)54-24-13-23-51(60(54)63-58)44-17-5-2-6-18-44/h1-40H. The van der Waals surface area contributed by atoms with Gasteiger partial charge in [0.2, 0.25) is 0 Å². The molecule has 0 saturated carbocycles. The highest BCUT2D eigenvalue weighted by molar-refractivity contribution is 6.15. The Hall–Kier alpha value is -8.40. The number of rotatable bonds is 8. The topological polar surface area (TPSA) is 21.3 Å². The molecule has 10 aromatic carbocycles. The molecule has 0 aliphatic rings. The highest BCUT2D eigenvalue weighted by Crippen LogP contribution is 2.44. The van der Waals surface area contributed by atoms with Crippen molar-refractivity contribution in [3.63, 3.8) is 0 Å². The molecule has 12 aromatic rings. The lowest BCUT2D eigenvalue weighted by molar-refractivity contribution is 0.670. The molecule has 63 heavy (non-hydrogen) atoms. The van der Waals surface area contributed by atoms with Gasteiger partial charge in [0, 0.05) is 49.7 Å². The predicted molar refractivity (Wildman–Crippen MR) is 264 cm³/mol. The average molecular weight is 805 g/mol. The minimum absolute atomic E-state index is 0.884. The molecule has 0 bridgehead atoms. The van der Waals surface area contributed by atoms with Crippen LogP contribution >= 0.6 is 0 Å². The van der Waals surface area contributed by atoms with Gasteiger partial charge in [-0.2, -0.15) is 0 Å². The van der Waals surface area contributed by atoms with Gasteiger partial charge in [-0.05, 0) is 94.0 Å². The van der Waals surface area contributed by atoms with E-state index in [1.54, 1.807) is 0 Å². The van der Waals surface area contributed by atoms with E-state index in [1.165, 1.54) is 32.9 Å². The van der Waals surface area contributed by atoms with Crippen molar-refractivity contribution in [2.24, 2.45) is 0 Å². The number of anilines is 3. The molecule has 0 saturated heterocycles. The first-order valence-corrected chi connectivity index (χ1v) is 21.5. The Balaban J connectivity index is 0.927. The van der Waals surface area contributed by atoms with Crippen LogP contribution in [-0.4, -0.2) is 4.57 Å². The fraction of sp³-hybridized carbons (Fsp3) is 0. The molecule has 0 atom stereocenters. The number of fused-ring (bicyclic) bond motifs is 6. The quantitative estimate of drug-likeness (QED) is 0.153. The van der Waals surface area contributed by atoms with Crippen LogP contribution in [0.3, 0.4) is 0 Å². The number of benzene rings is 10. The molecule has 296 valence electrons. The Morgan fingerprint density at radius 1 is 0.317 bits per heavy atom. The molecule has 0 radical (unpaired) electrons. The van der Waals surface area contributed by atoms with E-state index in [0.29, 0.717) is 0 Å². The van der Waals surface area contributed by atoms with Gasteiger partial charge in [0.25, 0.3) is 0 Å². The number of hydrogen-bond donors (Lipinski definition) is 0. The molecule has 0 amide bonds. The number of nitrogens with zero attached hydrogens (tertiary/aromatic N) is 2. The van der Waals surface area contributed by atoms with Crippen molar-refractivity contribution in [1.82, 2.24) is 4.57 Å². The van der Waals surface area contributed by atoms with Crippen molar-refractivity contribution < 1.29 is 4.42 Å². The van der Waals surface area contributed by atoms with E-state index in [0.717, 1.165) is 78.1 Å². The second-order valence-electron chi connectivity index (χ2n) is 16.1. The summed E-state index contributed by atoms with van der Waals surface area (Å²) in [5, 5.41) is 4.78. The number of aromatic nitrogens is 1. The van der Waals surface area contributed by atoms with Crippen molar-refractivity contribution in [2.75, 3.05) is 4.90 Å². The summed E-state index contributed by atoms with van der Waals surface area (Å²) >= 11 is 0. The van der Waals surface area contributed by atoms with Gasteiger partial charge in [-0.1, -0.05) is 182 Å². The van der Waals surface area contributed by atoms with Gasteiger partial charge in [-0.3, -0.25) is 0 Å². The SMILES string of the molecule is c1ccc(-c2ccccc2N(c2ccc(-c3ccc(-n4c5ccccc5c5ccccc54)cc3)cc2)c2ccc(-c3cccc4oc5c(-c6ccccc6)cccc5c34)cc2)cc1. The second kappa shape index (κ2) is 15.3. The molecule has 0 N–H and O–H groups in total. The fourth-order valence-corrected chi connectivity index (χ4v) is 9.49. The first-order valence-electron chi connectivity index (χ1n) is 21.5. The number of hydrogen-bond acceptors (Lipinski definition) is 2. The lowest BCUT2D eigenvalue weighted by Crippen LogP contribution is -2.11. The van der Waals surface area contributed by atoms with Crippen LogP contribution in [0.1, 0.15) is 0 Å². The Morgan fingerprint density at radius 2 is 0.778 bits per heavy atom. The maximum Gasteiger partial charge on any atom is 0.143 e. The van der Waals surface area contributed by atoms with Gasteiger partial charge >= 0.3 is 0 Å². The Morgan fingerprint density at radius 3 is 1.43 bits per heavy atom. The first kappa shape index (κ1) is 36.5. The van der Waals surface area contributed by atoms with E-state index in [-0.39, 0.29) is 0 Å². The average Bonchev–Trinajstić information content (AvgIpc) is 3.92. The molecule has 3 nitrogen and oxygen atoms in total. The summed E-state index contributed by atoms with van der Waals surface area (Å²) in [6.45, 7) is 0. The largest absolute Gasteiger partial charge is 0.455 e. The first-order chi connectivity index (χ1) is 31.3. The maximum absolute atomic E-state index is 6.62. The van der Waals surface area contributed by atoms with Gasteiger partial charge in [-0.25, -0.2) is 0 Å². The predicted octanol–water partition coefficient (Wildman–Crippen LogP) is 16.8. The molecular formula is C60H40N2O. The van der Waals surface area contributed by atoms with Crippen LogP contribution < -0.4 is 4.90 Å². The van der Waals surface area contributed by atoms with Crippen LogP contribution in [0.4, 0.5) is 17.1 Å². The highest BCUT2D eigenvalue weighted by atomic mass is 16.3. The summed E-state index contributed by atoms with van der Waals surface area (Å²) in [5.74, 6) is 0. The van der Waals surface area contributed by atoms with Crippen LogP contribution in [0.25, 0.3) is 93.9 Å². The number of furan rings is 1. The van der Waals surface area contributed by atoms with E-state index in [1.807, 2.05) is 6.07 Å². The second-order valence-corrected chi connectivity index (χ2v) is 16.1. The van der Waals surface area contributed by atoms with Gasteiger partial charge < -0.3 is 13.9 Å².